The van der Waals surface area contributed by atoms with Crippen LogP contribution in [0, 0.1) is 0 Å². The monoisotopic (exact) mass is 234 g/mol. The van der Waals surface area contributed by atoms with E-state index in [4.69, 9.17) is 4.42 Å². The SMILES string of the molecule is CSc1oc2ccccc2c(=O)c1C(C)=O. The Morgan fingerprint density at radius 1 is 1.31 bits per heavy atom. The fourth-order valence-corrected chi connectivity index (χ4v) is 2.18. The summed E-state index contributed by atoms with van der Waals surface area (Å²) in [5.41, 5.74) is 0.409. The van der Waals surface area contributed by atoms with Crippen LogP contribution in [0.3, 0.4) is 0 Å². The van der Waals surface area contributed by atoms with E-state index < -0.39 is 0 Å². The molecule has 0 saturated heterocycles. The van der Waals surface area contributed by atoms with Crippen LogP contribution >= 0.6 is 11.8 Å². The lowest BCUT2D eigenvalue weighted by molar-refractivity contribution is 0.101. The Bertz CT molecular complexity index is 613. The van der Waals surface area contributed by atoms with Gasteiger partial charge < -0.3 is 4.42 Å². The summed E-state index contributed by atoms with van der Waals surface area (Å²) in [7, 11) is 0. The Kier molecular flexibility index (Phi) is 2.83. The van der Waals surface area contributed by atoms with Gasteiger partial charge >= 0.3 is 0 Å². The molecule has 0 saturated carbocycles. The van der Waals surface area contributed by atoms with Gasteiger partial charge in [0.1, 0.15) is 11.1 Å². The minimum Gasteiger partial charge on any atom is -0.449 e. The van der Waals surface area contributed by atoms with E-state index in [9.17, 15) is 9.59 Å². The first-order valence-electron chi connectivity index (χ1n) is 4.76. The van der Waals surface area contributed by atoms with Gasteiger partial charge in [-0.3, -0.25) is 9.59 Å². The molecular weight excluding hydrogens is 224 g/mol. The van der Waals surface area contributed by atoms with Crippen molar-refractivity contribution in [3.63, 3.8) is 0 Å². The van der Waals surface area contributed by atoms with Gasteiger partial charge in [-0.2, -0.15) is 0 Å². The minimum absolute atomic E-state index is 0.145. The molecule has 4 heteroatoms. The number of carbonyl (C=O) groups is 1. The van der Waals surface area contributed by atoms with Gasteiger partial charge in [-0.15, -0.1) is 0 Å². The predicted octanol–water partition coefficient (Wildman–Crippen LogP) is 2.72. The van der Waals surface area contributed by atoms with Gasteiger partial charge in [0.05, 0.1) is 5.39 Å². The minimum atomic E-state index is -0.260. The van der Waals surface area contributed by atoms with E-state index >= 15 is 0 Å². The zero-order valence-corrected chi connectivity index (χ0v) is 9.76. The van der Waals surface area contributed by atoms with Crippen LogP contribution in [0.25, 0.3) is 11.0 Å². The molecule has 1 heterocycles. The van der Waals surface area contributed by atoms with Crippen LogP contribution in [0.5, 0.6) is 0 Å². The zero-order chi connectivity index (χ0) is 11.7. The van der Waals surface area contributed by atoms with Crippen LogP contribution in [0.15, 0.2) is 38.6 Å². The molecule has 0 aliphatic heterocycles. The van der Waals surface area contributed by atoms with Crippen molar-refractivity contribution in [2.24, 2.45) is 0 Å². The third-order valence-electron chi connectivity index (χ3n) is 2.30. The highest BCUT2D eigenvalue weighted by atomic mass is 32.2. The van der Waals surface area contributed by atoms with Crippen LogP contribution in [0.1, 0.15) is 17.3 Å². The summed E-state index contributed by atoms with van der Waals surface area (Å²) in [6, 6.07) is 6.93. The predicted molar refractivity (Wildman–Crippen MR) is 64.3 cm³/mol. The van der Waals surface area contributed by atoms with Crippen molar-refractivity contribution >= 4 is 28.5 Å². The summed E-state index contributed by atoms with van der Waals surface area (Å²) in [4.78, 5) is 23.5. The Hall–Kier alpha value is -1.55. The highest BCUT2D eigenvalue weighted by Gasteiger charge is 2.16. The van der Waals surface area contributed by atoms with Crippen molar-refractivity contribution in [3.8, 4) is 0 Å². The van der Waals surface area contributed by atoms with Gasteiger partial charge in [-0.1, -0.05) is 23.9 Å². The highest BCUT2D eigenvalue weighted by molar-refractivity contribution is 7.98. The Labute approximate surface area is 96.5 Å². The maximum atomic E-state index is 12.1. The van der Waals surface area contributed by atoms with Crippen molar-refractivity contribution < 1.29 is 9.21 Å². The molecule has 0 bridgehead atoms. The van der Waals surface area contributed by atoms with E-state index in [0.29, 0.717) is 16.1 Å². The quantitative estimate of drug-likeness (QED) is 0.592. The molecule has 0 spiro atoms. The maximum Gasteiger partial charge on any atom is 0.204 e. The van der Waals surface area contributed by atoms with Gasteiger partial charge in [0.15, 0.2) is 10.9 Å². The number of rotatable bonds is 2. The fourth-order valence-electron chi connectivity index (χ4n) is 1.57. The number of Topliss-reactive ketones (excluding diaryl/α,β-unsaturated/α-hetero) is 1. The molecular formula is C12H10O3S. The van der Waals surface area contributed by atoms with E-state index in [1.54, 1.807) is 30.5 Å². The average Bonchev–Trinajstić information content (AvgIpc) is 2.28. The third-order valence-corrected chi connectivity index (χ3v) is 2.96. The summed E-state index contributed by atoms with van der Waals surface area (Å²) in [5, 5.41) is 0.835. The van der Waals surface area contributed by atoms with Crippen molar-refractivity contribution in [1.29, 1.82) is 0 Å². The summed E-state index contributed by atoms with van der Waals surface area (Å²) in [6.45, 7) is 1.38. The normalized spacial score (nSPS) is 10.6. The summed E-state index contributed by atoms with van der Waals surface area (Å²) >= 11 is 1.27. The molecule has 0 atom stereocenters. The highest BCUT2D eigenvalue weighted by Crippen LogP contribution is 2.23. The number of thioether (sulfide) groups is 1. The molecule has 2 aromatic rings. The molecule has 82 valence electrons. The number of benzene rings is 1. The first-order chi connectivity index (χ1) is 7.65. The average molecular weight is 234 g/mol. The molecule has 1 aromatic heterocycles. The molecule has 0 fully saturated rings. The number of para-hydroxylation sites is 1. The van der Waals surface area contributed by atoms with Crippen LogP contribution < -0.4 is 5.43 Å². The van der Waals surface area contributed by atoms with Gasteiger partial charge in [-0.25, -0.2) is 0 Å². The summed E-state index contributed by atoms with van der Waals surface area (Å²) < 4.78 is 5.53. The standard InChI is InChI=1S/C12H10O3S/c1-7(13)10-11(14)8-5-3-4-6-9(8)15-12(10)16-2/h3-6H,1-2H3. The summed E-state index contributed by atoms with van der Waals surface area (Å²) in [6.07, 6.45) is 1.78. The second-order valence-electron chi connectivity index (χ2n) is 3.35. The van der Waals surface area contributed by atoms with Crippen LogP contribution in [-0.2, 0) is 0 Å². The van der Waals surface area contributed by atoms with Crippen molar-refractivity contribution in [3.05, 3.63) is 40.1 Å². The molecule has 3 nitrogen and oxygen atoms in total. The number of hydrogen-bond donors (Lipinski definition) is 0. The smallest absolute Gasteiger partial charge is 0.204 e. The van der Waals surface area contributed by atoms with Gasteiger partial charge in [0.25, 0.3) is 0 Å². The van der Waals surface area contributed by atoms with Crippen molar-refractivity contribution in [2.45, 2.75) is 12.0 Å². The number of fused-ring (bicyclic) bond motifs is 1. The van der Waals surface area contributed by atoms with E-state index in [0.717, 1.165) is 0 Å². The van der Waals surface area contributed by atoms with Gasteiger partial charge in [0, 0.05) is 0 Å². The molecule has 2 rings (SSSR count). The molecule has 0 N–H and O–H groups in total. The molecule has 1 aromatic carbocycles. The number of carbonyl (C=O) groups excluding carboxylic acids is 1. The van der Waals surface area contributed by atoms with Crippen molar-refractivity contribution in [2.75, 3.05) is 6.26 Å². The van der Waals surface area contributed by atoms with Crippen LogP contribution in [0.2, 0.25) is 0 Å². The lowest BCUT2D eigenvalue weighted by Crippen LogP contribution is -2.14. The fraction of sp³-hybridized carbons (Fsp3) is 0.167. The Balaban J connectivity index is 2.94. The topological polar surface area (TPSA) is 47.3 Å². The molecule has 0 radical (unpaired) electrons. The van der Waals surface area contributed by atoms with E-state index in [1.165, 1.54) is 18.7 Å². The van der Waals surface area contributed by atoms with Crippen molar-refractivity contribution in [1.82, 2.24) is 0 Å². The van der Waals surface area contributed by atoms with E-state index in [1.807, 2.05) is 0 Å². The molecule has 0 unspecified atom stereocenters. The second kappa shape index (κ2) is 4.14. The maximum absolute atomic E-state index is 12.1. The molecule has 0 amide bonds. The van der Waals surface area contributed by atoms with Gasteiger partial charge in [0.2, 0.25) is 5.43 Å². The first-order valence-corrected chi connectivity index (χ1v) is 5.98. The first kappa shape index (κ1) is 11.0. The lowest BCUT2D eigenvalue weighted by Gasteiger charge is -2.04. The lowest BCUT2D eigenvalue weighted by atomic mass is 10.1. The van der Waals surface area contributed by atoms with Gasteiger partial charge in [-0.05, 0) is 25.3 Å². The number of hydrogen-bond acceptors (Lipinski definition) is 4. The number of ketones is 1. The third kappa shape index (κ3) is 1.65. The summed E-state index contributed by atoms with van der Waals surface area (Å²) in [5.74, 6) is -0.260. The Morgan fingerprint density at radius 3 is 2.62 bits per heavy atom. The van der Waals surface area contributed by atoms with Crippen LogP contribution in [-0.4, -0.2) is 12.0 Å². The zero-order valence-electron chi connectivity index (χ0n) is 8.94. The van der Waals surface area contributed by atoms with Crippen LogP contribution in [0.4, 0.5) is 0 Å². The largest absolute Gasteiger partial charge is 0.449 e. The molecule has 16 heavy (non-hydrogen) atoms. The van der Waals surface area contributed by atoms with E-state index in [2.05, 4.69) is 0 Å². The second-order valence-corrected chi connectivity index (χ2v) is 4.13. The molecule has 0 aliphatic carbocycles. The Morgan fingerprint density at radius 2 is 2.00 bits per heavy atom. The molecule has 0 aliphatic rings. The van der Waals surface area contributed by atoms with E-state index in [-0.39, 0.29) is 16.8 Å².